The van der Waals surface area contributed by atoms with Gasteiger partial charge in [0.05, 0.1) is 0 Å². The molecule has 1 aliphatic carbocycles. The first kappa shape index (κ1) is 25.1. The van der Waals surface area contributed by atoms with Gasteiger partial charge in [0, 0.05) is 36.0 Å². The number of thiazole rings is 1. The molecule has 1 saturated carbocycles. The maximum absolute atomic E-state index is 12.8. The summed E-state index contributed by atoms with van der Waals surface area (Å²) in [4.78, 5) is 38.2. The van der Waals surface area contributed by atoms with Crippen LogP contribution in [0.15, 0.2) is 35.0 Å². The number of nitrogens with one attached hydrogen (secondary N) is 2. The molecular weight excluding hydrogens is 516 g/mol. The normalized spacial score (nSPS) is 17.3. The molecule has 3 heterocycles. The van der Waals surface area contributed by atoms with Crippen molar-refractivity contribution in [2.75, 3.05) is 10.6 Å². The number of esters is 1. The number of aryl methyl sites for hydroxylation is 1. The summed E-state index contributed by atoms with van der Waals surface area (Å²) < 4.78 is 10.4. The quantitative estimate of drug-likeness (QED) is 0.305. The molecule has 192 valence electrons. The largest absolute Gasteiger partial charge is 0.456 e. The SMILES string of the molecule is Cc1nc(-c2ccc3ccnc(N[C@H]4C[C@@H](C(=O)Nc5nc(Cl)c(C(=O)OC(C)(C)C)s5)C4)c3c2)no1. The smallest absolute Gasteiger partial charge is 0.352 e. The number of nitrogens with zero attached hydrogens (tertiary/aromatic N) is 4. The number of halogens is 1. The van der Waals surface area contributed by atoms with Crippen LogP contribution in [0.25, 0.3) is 22.2 Å². The highest BCUT2D eigenvalue weighted by Crippen LogP contribution is 2.35. The minimum absolute atomic E-state index is 0.0140. The third-order valence-electron chi connectivity index (χ3n) is 5.80. The summed E-state index contributed by atoms with van der Waals surface area (Å²) in [5, 5.41) is 12.5. The molecule has 4 aromatic rings. The van der Waals surface area contributed by atoms with E-state index in [-0.39, 0.29) is 33.0 Å². The van der Waals surface area contributed by atoms with E-state index in [2.05, 4.69) is 30.7 Å². The molecule has 3 aromatic heterocycles. The zero-order chi connectivity index (χ0) is 26.3. The highest BCUT2D eigenvalue weighted by atomic mass is 35.5. The van der Waals surface area contributed by atoms with Crippen molar-refractivity contribution in [2.45, 2.75) is 52.2 Å². The molecule has 37 heavy (non-hydrogen) atoms. The van der Waals surface area contributed by atoms with Gasteiger partial charge in [0.25, 0.3) is 0 Å². The maximum Gasteiger partial charge on any atom is 0.352 e. The number of anilines is 2. The minimum atomic E-state index is -0.658. The molecule has 0 spiro atoms. The van der Waals surface area contributed by atoms with Crippen molar-refractivity contribution in [1.82, 2.24) is 20.1 Å². The summed E-state index contributed by atoms with van der Waals surface area (Å²) in [7, 11) is 0. The number of aromatic nitrogens is 4. The van der Waals surface area contributed by atoms with Crippen LogP contribution in [0.3, 0.4) is 0 Å². The second kappa shape index (κ2) is 9.71. The number of amides is 1. The molecule has 0 saturated heterocycles. The molecule has 0 bridgehead atoms. The van der Waals surface area contributed by atoms with Crippen LogP contribution in [0, 0.1) is 12.8 Å². The van der Waals surface area contributed by atoms with Gasteiger partial charge in [0.1, 0.15) is 11.4 Å². The number of fused-ring (bicyclic) bond motifs is 1. The van der Waals surface area contributed by atoms with Crippen LogP contribution in [-0.2, 0) is 9.53 Å². The first-order chi connectivity index (χ1) is 17.6. The zero-order valence-corrected chi connectivity index (χ0v) is 22.2. The van der Waals surface area contributed by atoms with Crippen LogP contribution in [0.4, 0.5) is 10.9 Å². The predicted octanol–water partition coefficient (Wildman–Crippen LogP) is 5.49. The molecule has 12 heteroatoms. The van der Waals surface area contributed by atoms with Crippen molar-refractivity contribution < 1.29 is 18.8 Å². The van der Waals surface area contributed by atoms with Gasteiger partial charge < -0.3 is 19.9 Å². The molecule has 5 rings (SSSR count). The molecule has 1 aromatic carbocycles. The van der Waals surface area contributed by atoms with Gasteiger partial charge in [0.15, 0.2) is 15.2 Å². The molecule has 1 amide bonds. The summed E-state index contributed by atoms with van der Waals surface area (Å²) in [6.07, 6.45) is 3.01. The van der Waals surface area contributed by atoms with E-state index in [1.807, 2.05) is 24.3 Å². The molecule has 1 aliphatic rings. The van der Waals surface area contributed by atoms with E-state index in [4.69, 9.17) is 20.9 Å². The lowest BCUT2D eigenvalue weighted by atomic mass is 9.79. The standard InChI is InChI=1S/C25H25ClN6O4S/c1-12-28-20(32-36-12)14-6-5-13-7-8-27-21(17(13)11-14)29-16-9-15(10-16)22(33)31-24-30-19(26)18(37-24)23(34)35-25(2,3)4/h5-8,11,15-16H,9-10H2,1-4H3,(H,27,29)(H,30,31,33)/t15-,16+. The van der Waals surface area contributed by atoms with Gasteiger partial charge in [-0.05, 0) is 51.1 Å². The van der Waals surface area contributed by atoms with Gasteiger partial charge >= 0.3 is 5.97 Å². The summed E-state index contributed by atoms with van der Waals surface area (Å²) in [5.74, 6) is 0.824. The van der Waals surface area contributed by atoms with E-state index < -0.39 is 11.6 Å². The molecule has 0 aliphatic heterocycles. The number of rotatable bonds is 6. The van der Waals surface area contributed by atoms with Crippen molar-refractivity contribution in [3.8, 4) is 11.4 Å². The Morgan fingerprint density at radius 3 is 2.68 bits per heavy atom. The molecule has 2 N–H and O–H groups in total. The Bertz CT molecular complexity index is 1490. The molecule has 0 unspecified atom stereocenters. The second-order valence-corrected chi connectivity index (χ2v) is 11.2. The number of benzene rings is 1. The highest BCUT2D eigenvalue weighted by Gasteiger charge is 2.35. The average Bonchev–Trinajstić information content (AvgIpc) is 3.39. The Morgan fingerprint density at radius 1 is 1.19 bits per heavy atom. The second-order valence-electron chi connectivity index (χ2n) is 9.87. The van der Waals surface area contributed by atoms with Gasteiger partial charge in [-0.1, -0.05) is 40.2 Å². The molecular formula is C25H25ClN6O4S. The minimum Gasteiger partial charge on any atom is -0.456 e. The van der Waals surface area contributed by atoms with E-state index in [9.17, 15) is 9.59 Å². The third kappa shape index (κ3) is 5.57. The Balaban J connectivity index is 1.21. The summed E-state index contributed by atoms with van der Waals surface area (Å²) >= 11 is 7.11. The number of carbonyl (C=O) groups excluding carboxylic acids is 2. The first-order valence-corrected chi connectivity index (χ1v) is 12.9. The number of ether oxygens (including phenoxy) is 1. The number of carbonyl (C=O) groups is 2. The Kier molecular flexibility index (Phi) is 6.59. The maximum atomic E-state index is 12.8. The lowest BCUT2D eigenvalue weighted by Crippen LogP contribution is -2.42. The summed E-state index contributed by atoms with van der Waals surface area (Å²) in [5.41, 5.74) is 0.174. The monoisotopic (exact) mass is 540 g/mol. The first-order valence-electron chi connectivity index (χ1n) is 11.7. The van der Waals surface area contributed by atoms with Gasteiger partial charge in [-0.15, -0.1) is 0 Å². The van der Waals surface area contributed by atoms with Gasteiger partial charge in [-0.3, -0.25) is 4.79 Å². The van der Waals surface area contributed by atoms with Crippen molar-refractivity contribution >= 4 is 56.5 Å². The summed E-state index contributed by atoms with van der Waals surface area (Å²) in [6, 6.07) is 7.94. The van der Waals surface area contributed by atoms with Crippen molar-refractivity contribution in [2.24, 2.45) is 5.92 Å². The summed E-state index contributed by atoms with van der Waals surface area (Å²) in [6.45, 7) is 7.05. The van der Waals surface area contributed by atoms with E-state index in [1.165, 1.54) is 0 Å². The van der Waals surface area contributed by atoms with Gasteiger partial charge in [-0.25, -0.2) is 14.8 Å². The lowest BCUT2D eigenvalue weighted by molar-refractivity contribution is -0.122. The van der Waals surface area contributed by atoms with E-state index in [0.29, 0.717) is 24.6 Å². The number of pyridine rings is 1. The number of hydrogen-bond acceptors (Lipinski definition) is 10. The van der Waals surface area contributed by atoms with Crippen LogP contribution in [0.2, 0.25) is 5.15 Å². The van der Waals surface area contributed by atoms with Crippen LogP contribution in [0.5, 0.6) is 0 Å². The van der Waals surface area contributed by atoms with Crippen LogP contribution >= 0.6 is 22.9 Å². The van der Waals surface area contributed by atoms with Crippen molar-refractivity contribution in [3.05, 3.63) is 46.4 Å². The highest BCUT2D eigenvalue weighted by molar-refractivity contribution is 7.18. The zero-order valence-electron chi connectivity index (χ0n) is 20.7. The van der Waals surface area contributed by atoms with Gasteiger partial charge in [-0.2, -0.15) is 4.98 Å². The fourth-order valence-electron chi connectivity index (χ4n) is 3.99. The third-order valence-corrected chi connectivity index (χ3v) is 7.14. The van der Waals surface area contributed by atoms with Crippen LogP contribution in [0.1, 0.15) is 49.2 Å². The Labute approximate surface area is 221 Å². The van der Waals surface area contributed by atoms with Crippen molar-refractivity contribution in [3.63, 3.8) is 0 Å². The van der Waals surface area contributed by atoms with E-state index >= 15 is 0 Å². The fraction of sp³-hybridized carbons (Fsp3) is 0.360. The fourth-order valence-corrected chi connectivity index (χ4v) is 5.06. The predicted molar refractivity (Wildman–Crippen MR) is 141 cm³/mol. The molecule has 10 nitrogen and oxygen atoms in total. The van der Waals surface area contributed by atoms with Gasteiger partial charge in [0.2, 0.25) is 17.6 Å². The Hall–Kier alpha value is -3.57. The average molecular weight is 541 g/mol. The Morgan fingerprint density at radius 2 is 1.97 bits per heavy atom. The molecule has 1 fully saturated rings. The van der Waals surface area contributed by atoms with E-state index in [1.54, 1.807) is 33.9 Å². The topological polar surface area (TPSA) is 132 Å². The van der Waals surface area contributed by atoms with Crippen LogP contribution in [-0.4, -0.2) is 43.6 Å². The molecule has 0 radical (unpaired) electrons. The van der Waals surface area contributed by atoms with E-state index in [0.717, 1.165) is 33.5 Å². The van der Waals surface area contributed by atoms with Crippen LogP contribution < -0.4 is 10.6 Å². The molecule has 0 atom stereocenters. The lowest BCUT2D eigenvalue weighted by Gasteiger charge is -2.35. The van der Waals surface area contributed by atoms with Crippen molar-refractivity contribution in [1.29, 1.82) is 0 Å². The number of hydrogen-bond donors (Lipinski definition) is 2.